The zero-order chi connectivity index (χ0) is 30.0. The zero-order valence-corrected chi connectivity index (χ0v) is 25.6. The summed E-state index contributed by atoms with van der Waals surface area (Å²) in [6.45, 7) is 7.73. The third-order valence-corrected chi connectivity index (χ3v) is 10.4. The normalized spacial score (nSPS) is 17.5. The number of para-hydroxylation sites is 2. The smallest absolute Gasteiger partial charge is 0.265 e. The number of fused-ring (bicyclic) bond motifs is 1. The predicted octanol–water partition coefficient (Wildman–Crippen LogP) is 4.99. The number of hydrogen-bond acceptors (Lipinski definition) is 6. The fourth-order valence-corrected chi connectivity index (χ4v) is 7.83. The van der Waals surface area contributed by atoms with Crippen LogP contribution < -0.4 is 19.8 Å². The molecule has 1 unspecified atom stereocenters. The van der Waals surface area contributed by atoms with Crippen LogP contribution in [0.4, 0.5) is 17.2 Å². The molecule has 9 nitrogen and oxygen atoms in total. The summed E-state index contributed by atoms with van der Waals surface area (Å²) in [6.07, 6.45) is 4.34. The lowest BCUT2D eigenvalue weighted by molar-refractivity contribution is -0.125. The maximum atomic E-state index is 14.1. The van der Waals surface area contributed by atoms with Gasteiger partial charge in [0.2, 0.25) is 11.8 Å². The van der Waals surface area contributed by atoms with E-state index in [1.165, 1.54) is 11.6 Å². The Bertz CT molecular complexity index is 1600. The topological polar surface area (TPSA) is 112 Å². The number of hydrogen-bond donors (Lipinski definition) is 2. The van der Waals surface area contributed by atoms with E-state index in [-0.39, 0.29) is 17.2 Å². The quantitative estimate of drug-likeness (QED) is 0.372. The maximum Gasteiger partial charge on any atom is 0.265 e. The number of nitrogens with zero attached hydrogens (tertiary/aromatic N) is 3. The highest BCUT2D eigenvalue weighted by molar-refractivity contribution is 7.93. The van der Waals surface area contributed by atoms with Crippen molar-refractivity contribution in [3.05, 3.63) is 76.4 Å². The standard InChI is InChI=1S/C31H36ClN5O4S/c1-20-8-12-33-29(16-20)36-14-10-23(11-15-36)9-13-34-30(38)19-27-31(39)35-25-6-4-5-7-26(25)37(27)42(40,41)28-18-21(2)24(32)17-22(28)3/h4-8,12,16-18,23,27H,9-11,13-15,19H2,1-3H3,(H,34,38)(H,35,39). The Balaban J connectivity index is 1.26. The summed E-state index contributed by atoms with van der Waals surface area (Å²) in [5, 5.41) is 6.16. The molecule has 0 spiro atoms. The second-order valence-corrected chi connectivity index (χ2v) is 13.3. The second-order valence-electron chi connectivity index (χ2n) is 11.2. The molecule has 5 rings (SSSR count). The lowest BCUT2D eigenvalue weighted by atomic mass is 9.93. The van der Waals surface area contributed by atoms with Crippen LogP contribution in [0.1, 0.15) is 42.4 Å². The maximum absolute atomic E-state index is 14.1. The Morgan fingerprint density at radius 1 is 1.07 bits per heavy atom. The van der Waals surface area contributed by atoms with Crippen molar-refractivity contribution in [1.29, 1.82) is 0 Å². The molecule has 1 aromatic heterocycles. The summed E-state index contributed by atoms with van der Waals surface area (Å²) in [6, 6.07) is 12.7. The van der Waals surface area contributed by atoms with Gasteiger partial charge in [-0.3, -0.25) is 13.9 Å². The third kappa shape index (κ3) is 6.24. The monoisotopic (exact) mass is 609 g/mol. The number of carbonyl (C=O) groups is 2. The Kier molecular flexibility index (Phi) is 8.75. The number of nitrogens with one attached hydrogen (secondary N) is 2. The summed E-state index contributed by atoms with van der Waals surface area (Å²) in [5.74, 6) is 0.537. The van der Waals surface area contributed by atoms with Crippen molar-refractivity contribution in [3.63, 3.8) is 0 Å². The summed E-state index contributed by atoms with van der Waals surface area (Å²) in [7, 11) is -4.22. The van der Waals surface area contributed by atoms with Gasteiger partial charge in [-0.15, -0.1) is 0 Å². The highest BCUT2D eigenvalue weighted by Gasteiger charge is 2.42. The van der Waals surface area contributed by atoms with Gasteiger partial charge in [0.1, 0.15) is 11.9 Å². The summed E-state index contributed by atoms with van der Waals surface area (Å²) in [5.41, 5.74) is 2.94. The zero-order valence-electron chi connectivity index (χ0n) is 24.1. The number of halogens is 1. The average Bonchev–Trinajstić information content (AvgIpc) is 2.95. The minimum atomic E-state index is -4.22. The number of rotatable bonds is 8. The molecule has 1 saturated heterocycles. The van der Waals surface area contributed by atoms with E-state index in [2.05, 4.69) is 33.5 Å². The van der Waals surface area contributed by atoms with Gasteiger partial charge in [0.15, 0.2) is 0 Å². The number of aryl methyl sites for hydroxylation is 3. The van der Waals surface area contributed by atoms with Crippen LogP contribution in [0.15, 0.2) is 59.6 Å². The van der Waals surface area contributed by atoms with Gasteiger partial charge in [-0.2, -0.15) is 0 Å². The van der Waals surface area contributed by atoms with E-state index in [0.29, 0.717) is 40.0 Å². The highest BCUT2D eigenvalue weighted by atomic mass is 35.5. The van der Waals surface area contributed by atoms with Crippen LogP contribution in [0, 0.1) is 26.7 Å². The van der Waals surface area contributed by atoms with Gasteiger partial charge in [-0.1, -0.05) is 23.7 Å². The van der Waals surface area contributed by atoms with Crippen LogP contribution in [0.5, 0.6) is 0 Å². The van der Waals surface area contributed by atoms with E-state index < -0.39 is 22.0 Å². The van der Waals surface area contributed by atoms with Gasteiger partial charge in [-0.05, 0) is 99.0 Å². The molecule has 2 aliphatic rings. The first-order valence-corrected chi connectivity index (χ1v) is 16.0. The van der Waals surface area contributed by atoms with Crippen molar-refractivity contribution in [1.82, 2.24) is 10.3 Å². The number of sulfonamides is 1. The first-order chi connectivity index (χ1) is 20.0. The Morgan fingerprint density at radius 2 is 1.81 bits per heavy atom. The fourth-order valence-electron chi connectivity index (χ4n) is 5.68. The van der Waals surface area contributed by atoms with Crippen LogP contribution in [-0.2, 0) is 19.6 Å². The first-order valence-electron chi connectivity index (χ1n) is 14.2. The van der Waals surface area contributed by atoms with Gasteiger partial charge < -0.3 is 15.5 Å². The molecule has 42 heavy (non-hydrogen) atoms. The molecule has 0 saturated carbocycles. The molecule has 1 fully saturated rings. The van der Waals surface area contributed by atoms with Gasteiger partial charge >= 0.3 is 0 Å². The molecule has 2 N–H and O–H groups in total. The van der Waals surface area contributed by atoms with Crippen LogP contribution in [0.25, 0.3) is 0 Å². The van der Waals surface area contributed by atoms with E-state index >= 15 is 0 Å². The summed E-state index contributed by atoms with van der Waals surface area (Å²) >= 11 is 6.24. The fraction of sp³-hybridized carbons (Fsp3) is 0.387. The Hall–Kier alpha value is -3.63. The van der Waals surface area contributed by atoms with Crippen molar-refractivity contribution in [2.24, 2.45) is 5.92 Å². The van der Waals surface area contributed by atoms with Gasteiger partial charge in [0.05, 0.1) is 22.7 Å². The van der Waals surface area contributed by atoms with Gasteiger partial charge in [0.25, 0.3) is 10.0 Å². The molecular formula is C31H36ClN5O4S. The summed E-state index contributed by atoms with van der Waals surface area (Å²) < 4.78 is 29.3. The van der Waals surface area contributed by atoms with Crippen molar-refractivity contribution >= 4 is 50.6 Å². The molecule has 222 valence electrons. The van der Waals surface area contributed by atoms with E-state index in [0.717, 1.165) is 42.5 Å². The molecule has 0 aliphatic carbocycles. The van der Waals surface area contributed by atoms with Gasteiger partial charge in [-0.25, -0.2) is 13.4 Å². The lowest BCUT2D eigenvalue weighted by Gasteiger charge is -2.37. The number of benzene rings is 2. The van der Waals surface area contributed by atoms with E-state index in [1.807, 2.05) is 12.3 Å². The first kappa shape index (κ1) is 29.8. The minimum absolute atomic E-state index is 0.0477. The van der Waals surface area contributed by atoms with Crippen LogP contribution >= 0.6 is 11.6 Å². The molecule has 0 bridgehead atoms. The van der Waals surface area contributed by atoms with Crippen molar-refractivity contribution in [3.8, 4) is 0 Å². The molecule has 3 heterocycles. The molecular weight excluding hydrogens is 574 g/mol. The van der Waals surface area contributed by atoms with Crippen molar-refractivity contribution < 1.29 is 18.0 Å². The minimum Gasteiger partial charge on any atom is -0.357 e. The molecule has 0 radical (unpaired) electrons. The molecule has 2 aromatic carbocycles. The lowest BCUT2D eigenvalue weighted by Crippen LogP contribution is -2.53. The van der Waals surface area contributed by atoms with Crippen molar-refractivity contribution in [2.75, 3.05) is 34.2 Å². The number of amides is 2. The highest BCUT2D eigenvalue weighted by Crippen LogP contribution is 2.38. The predicted molar refractivity (Wildman–Crippen MR) is 166 cm³/mol. The van der Waals surface area contributed by atoms with E-state index in [1.54, 1.807) is 44.2 Å². The van der Waals surface area contributed by atoms with Crippen molar-refractivity contribution in [2.45, 2.75) is 57.4 Å². The van der Waals surface area contributed by atoms with Crippen LogP contribution in [0.3, 0.4) is 0 Å². The number of piperidine rings is 1. The van der Waals surface area contributed by atoms with E-state index in [9.17, 15) is 18.0 Å². The molecule has 2 amide bonds. The molecule has 2 aliphatic heterocycles. The Labute approximate surface area is 252 Å². The molecule has 1 atom stereocenters. The summed E-state index contributed by atoms with van der Waals surface area (Å²) in [4.78, 5) is 33.2. The van der Waals surface area contributed by atoms with Gasteiger partial charge in [0, 0.05) is 30.9 Å². The van der Waals surface area contributed by atoms with E-state index in [4.69, 9.17) is 11.6 Å². The number of aromatic nitrogens is 1. The SMILES string of the molecule is Cc1ccnc(N2CCC(CCNC(=O)CC3C(=O)Nc4ccccc4N3S(=O)(=O)c3cc(C)c(Cl)cc3C)CC2)c1. The number of anilines is 3. The Morgan fingerprint density at radius 3 is 2.55 bits per heavy atom. The number of pyridine rings is 1. The second kappa shape index (κ2) is 12.3. The average molecular weight is 610 g/mol. The third-order valence-electron chi connectivity index (χ3n) is 8.07. The molecule has 3 aromatic rings. The largest absolute Gasteiger partial charge is 0.357 e. The number of carbonyl (C=O) groups excluding carboxylic acids is 2. The molecule has 11 heteroatoms. The van der Waals surface area contributed by atoms with Crippen LogP contribution in [-0.4, -0.2) is 50.9 Å². The van der Waals surface area contributed by atoms with Crippen LogP contribution in [0.2, 0.25) is 5.02 Å².